The summed E-state index contributed by atoms with van der Waals surface area (Å²) in [6, 6.07) is 11.3. The zero-order valence-corrected chi connectivity index (χ0v) is 9.18. The number of hydrogen-bond acceptors (Lipinski definition) is 3. The van der Waals surface area contributed by atoms with Crippen molar-refractivity contribution in [2.24, 2.45) is 0 Å². The van der Waals surface area contributed by atoms with Crippen molar-refractivity contribution in [2.75, 3.05) is 0 Å². The maximum Gasteiger partial charge on any atom is 0.387 e. The predicted octanol–water partition coefficient (Wildman–Crippen LogP) is 3.22. The summed E-state index contributed by atoms with van der Waals surface area (Å²) < 4.78 is 29.0. The summed E-state index contributed by atoms with van der Waals surface area (Å²) in [6.45, 7) is -2.92. The number of alkyl halides is 2. The molecular weight excluding hydrogens is 238 g/mol. The van der Waals surface area contributed by atoms with E-state index >= 15 is 0 Å². The van der Waals surface area contributed by atoms with E-state index in [-0.39, 0.29) is 5.75 Å². The molecule has 0 N–H and O–H groups in total. The van der Waals surface area contributed by atoms with Crippen LogP contribution in [0.15, 0.2) is 42.6 Å². The molecule has 0 fully saturated rings. The molecule has 0 atom stereocenters. The van der Waals surface area contributed by atoms with Crippen molar-refractivity contribution in [3.8, 4) is 23.1 Å². The first-order valence-electron chi connectivity index (χ1n) is 5.11. The Labute approximate surface area is 102 Å². The summed E-state index contributed by atoms with van der Waals surface area (Å²) in [5, 5.41) is 8.82. The number of rotatable bonds is 3. The lowest BCUT2D eigenvalue weighted by atomic mass is 10.1. The fraction of sp³-hybridized carbons (Fsp3) is 0.0769. The zero-order valence-electron chi connectivity index (χ0n) is 9.18. The SMILES string of the molecule is N#Cc1ccc(OC(F)F)c(-c2ccccn2)c1. The molecule has 3 nitrogen and oxygen atoms in total. The van der Waals surface area contributed by atoms with Crippen LogP contribution in [0.3, 0.4) is 0 Å². The summed E-state index contributed by atoms with van der Waals surface area (Å²) in [6.07, 6.45) is 1.54. The van der Waals surface area contributed by atoms with Crippen molar-refractivity contribution in [1.29, 1.82) is 5.26 Å². The molecule has 0 spiro atoms. The monoisotopic (exact) mass is 246 g/mol. The summed E-state index contributed by atoms with van der Waals surface area (Å²) in [7, 11) is 0. The average molecular weight is 246 g/mol. The molecule has 0 bridgehead atoms. The highest BCUT2D eigenvalue weighted by Crippen LogP contribution is 2.30. The summed E-state index contributed by atoms with van der Waals surface area (Å²) in [4.78, 5) is 4.06. The van der Waals surface area contributed by atoms with Gasteiger partial charge in [0, 0.05) is 11.8 Å². The van der Waals surface area contributed by atoms with Gasteiger partial charge < -0.3 is 4.74 Å². The number of benzene rings is 1. The molecule has 1 heterocycles. The van der Waals surface area contributed by atoms with Crippen LogP contribution in [0.4, 0.5) is 8.78 Å². The van der Waals surface area contributed by atoms with E-state index < -0.39 is 6.61 Å². The van der Waals surface area contributed by atoms with Crippen molar-refractivity contribution in [2.45, 2.75) is 6.61 Å². The number of hydrogen-bond donors (Lipinski definition) is 0. The van der Waals surface area contributed by atoms with Gasteiger partial charge in [-0.2, -0.15) is 14.0 Å². The van der Waals surface area contributed by atoms with Gasteiger partial charge >= 0.3 is 6.61 Å². The second kappa shape index (κ2) is 5.23. The van der Waals surface area contributed by atoms with Crippen molar-refractivity contribution >= 4 is 0 Å². The van der Waals surface area contributed by atoms with Crippen molar-refractivity contribution in [1.82, 2.24) is 4.98 Å². The molecule has 2 aromatic rings. The lowest BCUT2D eigenvalue weighted by Crippen LogP contribution is -2.03. The maximum atomic E-state index is 12.3. The Balaban J connectivity index is 2.52. The lowest BCUT2D eigenvalue weighted by Gasteiger charge is -2.10. The number of pyridine rings is 1. The van der Waals surface area contributed by atoms with E-state index in [2.05, 4.69) is 9.72 Å². The van der Waals surface area contributed by atoms with E-state index in [4.69, 9.17) is 5.26 Å². The van der Waals surface area contributed by atoms with Crippen LogP contribution < -0.4 is 4.74 Å². The third kappa shape index (κ3) is 2.61. The molecule has 18 heavy (non-hydrogen) atoms. The Morgan fingerprint density at radius 1 is 1.22 bits per heavy atom. The van der Waals surface area contributed by atoms with Crippen LogP contribution in [-0.2, 0) is 0 Å². The van der Waals surface area contributed by atoms with Crippen LogP contribution in [0.2, 0.25) is 0 Å². The molecule has 90 valence electrons. The van der Waals surface area contributed by atoms with Gasteiger partial charge in [0.15, 0.2) is 0 Å². The molecule has 0 aliphatic rings. The lowest BCUT2D eigenvalue weighted by molar-refractivity contribution is -0.0494. The Kier molecular flexibility index (Phi) is 3.49. The predicted molar refractivity (Wildman–Crippen MR) is 61.0 cm³/mol. The molecule has 0 aliphatic heterocycles. The Bertz CT molecular complexity index is 579. The molecule has 0 saturated carbocycles. The van der Waals surface area contributed by atoms with Gasteiger partial charge in [-0.25, -0.2) is 0 Å². The molecule has 0 amide bonds. The van der Waals surface area contributed by atoms with Gasteiger partial charge in [-0.15, -0.1) is 0 Å². The largest absolute Gasteiger partial charge is 0.434 e. The van der Waals surface area contributed by atoms with Gasteiger partial charge in [0.05, 0.1) is 17.3 Å². The van der Waals surface area contributed by atoms with Gasteiger partial charge in [-0.1, -0.05) is 6.07 Å². The smallest absolute Gasteiger partial charge is 0.387 e. The summed E-state index contributed by atoms with van der Waals surface area (Å²) in [5.74, 6) is 0.00250. The van der Waals surface area contributed by atoms with E-state index in [0.717, 1.165) is 0 Å². The third-order valence-corrected chi connectivity index (χ3v) is 2.27. The molecule has 1 aromatic carbocycles. The van der Waals surface area contributed by atoms with Crippen LogP contribution in [0.1, 0.15) is 5.56 Å². The highest BCUT2D eigenvalue weighted by Gasteiger charge is 2.12. The second-order valence-corrected chi connectivity index (χ2v) is 3.42. The van der Waals surface area contributed by atoms with Crippen LogP contribution in [-0.4, -0.2) is 11.6 Å². The standard InChI is InChI=1S/C13H8F2N2O/c14-13(15)18-12-5-4-9(8-16)7-10(12)11-3-1-2-6-17-11/h1-7,13H. The van der Waals surface area contributed by atoms with Gasteiger partial charge in [-0.3, -0.25) is 4.98 Å². The maximum absolute atomic E-state index is 12.3. The number of halogens is 2. The number of nitrogens with zero attached hydrogens (tertiary/aromatic N) is 2. The molecule has 1 aromatic heterocycles. The molecular formula is C13H8F2N2O. The second-order valence-electron chi connectivity index (χ2n) is 3.42. The number of nitriles is 1. The highest BCUT2D eigenvalue weighted by molar-refractivity contribution is 5.68. The van der Waals surface area contributed by atoms with Crippen molar-refractivity contribution in [3.05, 3.63) is 48.2 Å². The van der Waals surface area contributed by atoms with E-state index in [1.54, 1.807) is 24.4 Å². The van der Waals surface area contributed by atoms with Crippen LogP contribution in [0, 0.1) is 11.3 Å². The third-order valence-electron chi connectivity index (χ3n) is 2.27. The van der Waals surface area contributed by atoms with E-state index in [9.17, 15) is 8.78 Å². The first-order chi connectivity index (χ1) is 8.70. The summed E-state index contributed by atoms with van der Waals surface area (Å²) in [5.41, 5.74) is 1.21. The Hall–Kier alpha value is -2.48. The molecule has 0 saturated heterocycles. The molecule has 0 unspecified atom stereocenters. The molecule has 0 radical (unpaired) electrons. The Morgan fingerprint density at radius 3 is 2.67 bits per heavy atom. The van der Waals surface area contributed by atoms with Crippen LogP contribution >= 0.6 is 0 Å². The Morgan fingerprint density at radius 2 is 2.06 bits per heavy atom. The fourth-order valence-electron chi connectivity index (χ4n) is 1.52. The topological polar surface area (TPSA) is 45.9 Å². The normalized spacial score (nSPS) is 10.1. The average Bonchev–Trinajstić information content (AvgIpc) is 2.39. The van der Waals surface area contributed by atoms with Crippen LogP contribution in [0.25, 0.3) is 11.3 Å². The highest BCUT2D eigenvalue weighted by atomic mass is 19.3. The quantitative estimate of drug-likeness (QED) is 0.835. The minimum absolute atomic E-state index is 0.00250. The minimum Gasteiger partial charge on any atom is -0.434 e. The zero-order chi connectivity index (χ0) is 13.0. The van der Waals surface area contributed by atoms with Gasteiger partial charge in [-0.05, 0) is 30.3 Å². The van der Waals surface area contributed by atoms with Gasteiger partial charge in [0.25, 0.3) is 0 Å². The minimum atomic E-state index is -2.92. The number of aromatic nitrogens is 1. The van der Waals surface area contributed by atoms with Crippen molar-refractivity contribution in [3.63, 3.8) is 0 Å². The number of ether oxygens (including phenoxy) is 1. The fourth-order valence-corrected chi connectivity index (χ4v) is 1.52. The first kappa shape index (κ1) is 12.0. The molecule has 5 heteroatoms. The summed E-state index contributed by atoms with van der Waals surface area (Å²) >= 11 is 0. The van der Waals surface area contributed by atoms with E-state index in [0.29, 0.717) is 16.8 Å². The molecule has 0 aliphatic carbocycles. The van der Waals surface area contributed by atoms with Gasteiger partial charge in [0.2, 0.25) is 0 Å². The molecule has 2 rings (SSSR count). The van der Waals surface area contributed by atoms with E-state index in [1.807, 2.05) is 6.07 Å². The first-order valence-corrected chi connectivity index (χ1v) is 5.11. The van der Waals surface area contributed by atoms with Crippen molar-refractivity contribution < 1.29 is 13.5 Å². The van der Waals surface area contributed by atoms with Gasteiger partial charge in [0.1, 0.15) is 5.75 Å². The van der Waals surface area contributed by atoms with Crippen LogP contribution in [0.5, 0.6) is 5.75 Å². The van der Waals surface area contributed by atoms with E-state index in [1.165, 1.54) is 18.2 Å².